The average molecular weight is 288 g/mol. The van der Waals surface area contributed by atoms with E-state index in [-0.39, 0.29) is 24.5 Å². The van der Waals surface area contributed by atoms with E-state index in [4.69, 9.17) is 14.6 Å². The predicted octanol–water partition coefficient (Wildman–Crippen LogP) is 2.46. The van der Waals surface area contributed by atoms with Gasteiger partial charge in [0.05, 0.1) is 13.7 Å². The predicted molar refractivity (Wildman–Crippen MR) is 76.7 cm³/mol. The summed E-state index contributed by atoms with van der Waals surface area (Å²) in [7, 11) is 1.48. The molecule has 2 aromatic carbocycles. The van der Waals surface area contributed by atoms with Crippen molar-refractivity contribution in [3.05, 3.63) is 59.2 Å². The van der Waals surface area contributed by atoms with Crippen LogP contribution in [0.1, 0.15) is 21.5 Å². The molecule has 0 saturated heterocycles. The van der Waals surface area contributed by atoms with Crippen LogP contribution >= 0.6 is 0 Å². The van der Waals surface area contributed by atoms with Crippen LogP contribution in [0.3, 0.4) is 0 Å². The normalized spacial score (nSPS) is 10.2. The SMILES string of the molecule is COc1ccc(OCc2ccc(CO)cc2)c(C(=O)O)c1. The summed E-state index contributed by atoms with van der Waals surface area (Å²) in [5, 5.41) is 18.2. The highest BCUT2D eigenvalue weighted by molar-refractivity contribution is 5.91. The summed E-state index contributed by atoms with van der Waals surface area (Å²) >= 11 is 0. The summed E-state index contributed by atoms with van der Waals surface area (Å²) in [6.07, 6.45) is 0. The number of rotatable bonds is 6. The van der Waals surface area contributed by atoms with Crippen LogP contribution in [0, 0.1) is 0 Å². The molecule has 110 valence electrons. The summed E-state index contributed by atoms with van der Waals surface area (Å²) in [4.78, 5) is 11.2. The van der Waals surface area contributed by atoms with Gasteiger partial charge < -0.3 is 19.7 Å². The van der Waals surface area contributed by atoms with E-state index in [0.717, 1.165) is 11.1 Å². The lowest BCUT2D eigenvalue weighted by Gasteiger charge is -2.11. The first kappa shape index (κ1) is 14.9. The minimum absolute atomic E-state index is 0.0111. The van der Waals surface area contributed by atoms with Crippen LogP contribution in [0.25, 0.3) is 0 Å². The van der Waals surface area contributed by atoms with Gasteiger partial charge in [-0.25, -0.2) is 4.79 Å². The molecule has 2 aromatic rings. The summed E-state index contributed by atoms with van der Waals surface area (Å²) in [5.41, 5.74) is 1.76. The first-order valence-corrected chi connectivity index (χ1v) is 6.37. The molecular weight excluding hydrogens is 272 g/mol. The van der Waals surface area contributed by atoms with Gasteiger partial charge in [0.1, 0.15) is 23.7 Å². The number of ether oxygens (including phenoxy) is 2. The van der Waals surface area contributed by atoms with Crippen molar-refractivity contribution < 1.29 is 24.5 Å². The molecule has 0 radical (unpaired) electrons. The molecule has 2 N–H and O–H groups in total. The molecule has 0 saturated carbocycles. The van der Waals surface area contributed by atoms with E-state index < -0.39 is 5.97 Å². The van der Waals surface area contributed by atoms with Gasteiger partial charge in [0.15, 0.2) is 0 Å². The highest BCUT2D eigenvalue weighted by Gasteiger charge is 2.13. The van der Waals surface area contributed by atoms with Crippen molar-refractivity contribution >= 4 is 5.97 Å². The third-order valence-electron chi connectivity index (χ3n) is 3.02. The van der Waals surface area contributed by atoms with Gasteiger partial charge in [-0.05, 0) is 29.3 Å². The molecule has 0 spiro atoms. The number of carboxylic acids is 1. The molecule has 0 atom stereocenters. The van der Waals surface area contributed by atoms with Crippen molar-refractivity contribution in [1.29, 1.82) is 0 Å². The Morgan fingerprint density at radius 1 is 1.10 bits per heavy atom. The van der Waals surface area contributed by atoms with Gasteiger partial charge in [-0.15, -0.1) is 0 Å². The number of methoxy groups -OCH3 is 1. The van der Waals surface area contributed by atoms with Crippen LogP contribution in [-0.2, 0) is 13.2 Å². The lowest BCUT2D eigenvalue weighted by atomic mass is 10.1. The van der Waals surface area contributed by atoms with Crippen molar-refractivity contribution in [2.45, 2.75) is 13.2 Å². The molecule has 21 heavy (non-hydrogen) atoms. The van der Waals surface area contributed by atoms with Crippen LogP contribution in [0.2, 0.25) is 0 Å². The van der Waals surface area contributed by atoms with Crippen LogP contribution < -0.4 is 9.47 Å². The van der Waals surface area contributed by atoms with Crippen molar-refractivity contribution in [3.8, 4) is 11.5 Å². The Balaban J connectivity index is 2.13. The van der Waals surface area contributed by atoms with Crippen LogP contribution in [0.5, 0.6) is 11.5 Å². The quantitative estimate of drug-likeness (QED) is 0.854. The molecule has 0 amide bonds. The van der Waals surface area contributed by atoms with Gasteiger partial charge in [0, 0.05) is 0 Å². The van der Waals surface area contributed by atoms with E-state index in [0.29, 0.717) is 5.75 Å². The maximum absolute atomic E-state index is 11.2. The fraction of sp³-hybridized carbons (Fsp3) is 0.188. The van der Waals surface area contributed by atoms with Crippen molar-refractivity contribution in [2.24, 2.45) is 0 Å². The van der Waals surface area contributed by atoms with Gasteiger partial charge in [-0.1, -0.05) is 24.3 Å². The molecule has 0 aliphatic rings. The summed E-state index contributed by atoms with van der Waals surface area (Å²) < 4.78 is 10.6. The molecule has 0 heterocycles. The maximum Gasteiger partial charge on any atom is 0.339 e. The monoisotopic (exact) mass is 288 g/mol. The van der Waals surface area contributed by atoms with Crippen LogP contribution in [0.15, 0.2) is 42.5 Å². The molecule has 0 aliphatic carbocycles. The van der Waals surface area contributed by atoms with Crippen molar-refractivity contribution in [2.75, 3.05) is 7.11 Å². The third-order valence-corrected chi connectivity index (χ3v) is 3.02. The number of aliphatic hydroxyl groups is 1. The Hall–Kier alpha value is -2.53. The van der Waals surface area contributed by atoms with Gasteiger partial charge in [-0.3, -0.25) is 0 Å². The highest BCUT2D eigenvalue weighted by atomic mass is 16.5. The van der Waals surface area contributed by atoms with Gasteiger partial charge >= 0.3 is 5.97 Å². The molecular formula is C16H16O5. The van der Waals surface area contributed by atoms with Crippen molar-refractivity contribution in [1.82, 2.24) is 0 Å². The van der Waals surface area contributed by atoms with Crippen molar-refractivity contribution in [3.63, 3.8) is 0 Å². The highest BCUT2D eigenvalue weighted by Crippen LogP contribution is 2.25. The van der Waals surface area contributed by atoms with E-state index in [1.165, 1.54) is 13.2 Å². The second-order valence-electron chi connectivity index (χ2n) is 4.43. The Morgan fingerprint density at radius 3 is 2.33 bits per heavy atom. The zero-order chi connectivity index (χ0) is 15.2. The Labute approximate surface area is 122 Å². The number of aromatic carboxylic acids is 1. The summed E-state index contributed by atoms with van der Waals surface area (Å²) in [5.74, 6) is -0.318. The number of carboxylic acid groups (broad SMARTS) is 1. The molecule has 0 aromatic heterocycles. The topological polar surface area (TPSA) is 76.0 Å². The lowest BCUT2D eigenvalue weighted by Crippen LogP contribution is -2.04. The van der Waals surface area contributed by atoms with Crippen LogP contribution in [-0.4, -0.2) is 23.3 Å². The molecule has 0 bridgehead atoms. The zero-order valence-electron chi connectivity index (χ0n) is 11.6. The number of aliphatic hydroxyl groups excluding tert-OH is 1. The first-order valence-electron chi connectivity index (χ1n) is 6.37. The molecule has 2 rings (SSSR count). The smallest absolute Gasteiger partial charge is 0.339 e. The van der Waals surface area contributed by atoms with Gasteiger partial charge in [0.25, 0.3) is 0 Å². The van der Waals surface area contributed by atoms with Crippen LogP contribution in [0.4, 0.5) is 0 Å². The fourth-order valence-corrected chi connectivity index (χ4v) is 1.83. The standard InChI is InChI=1S/C16H16O5/c1-20-13-6-7-15(14(8-13)16(18)19)21-10-12-4-2-11(9-17)3-5-12/h2-8,17H,9-10H2,1H3,(H,18,19). The van der Waals surface area contributed by atoms with E-state index in [1.807, 2.05) is 12.1 Å². The molecule has 0 aliphatic heterocycles. The Kier molecular flexibility index (Phi) is 4.79. The number of hydrogen-bond donors (Lipinski definition) is 2. The fourth-order valence-electron chi connectivity index (χ4n) is 1.83. The maximum atomic E-state index is 11.2. The summed E-state index contributed by atoms with van der Waals surface area (Å²) in [6.45, 7) is 0.237. The summed E-state index contributed by atoms with van der Waals surface area (Å²) in [6, 6.07) is 11.9. The Morgan fingerprint density at radius 2 is 1.76 bits per heavy atom. The number of hydrogen-bond acceptors (Lipinski definition) is 4. The minimum atomic E-state index is -1.07. The number of benzene rings is 2. The zero-order valence-corrected chi connectivity index (χ0v) is 11.6. The Bertz CT molecular complexity index is 619. The second-order valence-corrected chi connectivity index (χ2v) is 4.43. The lowest BCUT2D eigenvalue weighted by molar-refractivity contribution is 0.0691. The largest absolute Gasteiger partial charge is 0.497 e. The van der Waals surface area contributed by atoms with E-state index in [1.54, 1.807) is 24.3 Å². The second kappa shape index (κ2) is 6.76. The van der Waals surface area contributed by atoms with Gasteiger partial charge in [0.2, 0.25) is 0 Å². The van der Waals surface area contributed by atoms with E-state index >= 15 is 0 Å². The first-order chi connectivity index (χ1) is 10.1. The van der Waals surface area contributed by atoms with E-state index in [2.05, 4.69) is 0 Å². The third kappa shape index (κ3) is 3.73. The van der Waals surface area contributed by atoms with E-state index in [9.17, 15) is 9.90 Å². The minimum Gasteiger partial charge on any atom is -0.497 e. The molecule has 0 fully saturated rings. The number of carbonyl (C=O) groups is 1. The molecule has 5 heteroatoms. The van der Waals surface area contributed by atoms with Gasteiger partial charge in [-0.2, -0.15) is 0 Å². The molecule has 0 unspecified atom stereocenters. The molecule has 5 nitrogen and oxygen atoms in total. The average Bonchev–Trinajstić information content (AvgIpc) is 2.53.